The highest BCUT2D eigenvalue weighted by Gasteiger charge is 2.04. The maximum Gasteiger partial charge on any atom is 0.113 e. The summed E-state index contributed by atoms with van der Waals surface area (Å²) in [6, 6.07) is 21.3. The molecule has 3 aromatic rings. The number of thioether (sulfide) groups is 1. The van der Waals surface area contributed by atoms with Gasteiger partial charge in [0.25, 0.3) is 0 Å². The average Bonchev–Trinajstić information content (AvgIpc) is 2.49. The largest absolute Gasteiger partial charge is 0.129 e. The molecule has 0 aliphatic heterocycles. The first-order valence-corrected chi connectivity index (χ1v) is 7.89. The van der Waals surface area contributed by atoms with Gasteiger partial charge in [0.1, 0.15) is 7.85 Å². The lowest BCUT2D eigenvalue weighted by Gasteiger charge is -2.09. The van der Waals surface area contributed by atoms with Crippen molar-refractivity contribution in [2.75, 3.05) is 6.26 Å². The molecular weight excluding hydrogens is 259 g/mol. The maximum atomic E-state index is 5.86. The van der Waals surface area contributed by atoms with Crippen LogP contribution in [0, 0.1) is 0 Å². The van der Waals surface area contributed by atoms with Crippen molar-refractivity contribution in [3.05, 3.63) is 71.8 Å². The van der Waals surface area contributed by atoms with Crippen molar-refractivity contribution in [3.8, 4) is 0 Å². The third-order valence-electron chi connectivity index (χ3n) is 3.52. The highest BCUT2D eigenvalue weighted by molar-refractivity contribution is 7.98. The van der Waals surface area contributed by atoms with Crippen LogP contribution in [0.25, 0.3) is 10.8 Å². The van der Waals surface area contributed by atoms with E-state index in [0.29, 0.717) is 0 Å². The first-order chi connectivity index (χ1) is 9.76. The molecule has 0 nitrogen and oxygen atoms in total. The van der Waals surface area contributed by atoms with E-state index in [1.54, 1.807) is 11.8 Å². The Balaban J connectivity index is 1.96. The van der Waals surface area contributed by atoms with E-state index >= 15 is 0 Å². The third-order valence-corrected chi connectivity index (χ3v) is 4.34. The van der Waals surface area contributed by atoms with Crippen LogP contribution in [0.4, 0.5) is 0 Å². The molecule has 3 rings (SSSR count). The van der Waals surface area contributed by atoms with Crippen molar-refractivity contribution in [3.63, 3.8) is 0 Å². The molecule has 0 amide bonds. The molecular formula is C18H15BS. The number of rotatable bonds is 3. The van der Waals surface area contributed by atoms with Crippen molar-refractivity contribution in [2.45, 2.75) is 11.3 Å². The second-order valence-electron chi connectivity index (χ2n) is 4.93. The van der Waals surface area contributed by atoms with Crippen LogP contribution >= 0.6 is 11.8 Å². The smallest absolute Gasteiger partial charge is 0.113 e. The second-order valence-corrected chi connectivity index (χ2v) is 5.78. The zero-order valence-corrected chi connectivity index (χ0v) is 12.3. The quantitative estimate of drug-likeness (QED) is 0.515. The summed E-state index contributed by atoms with van der Waals surface area (Å²) >= 11 is 1.75. The van der Waals surface area contributed by atoms with Crippen molar-refractivity contribution in [1.82, 2.24) is 0 Å². The summed E-state index contributed by atoms with van der Waals surface area (Å²) in [5.74, 6) is 0. The van der Waals surface area contributed by atoms with E-state index in [1.165, 1.54) is 26.8 Å². The minimum absolute atomic E-state index is 0.830. The Morgan fingerprint density at radius 1 is 0.900 bits per heavy atom. The van der Waals surface area contributed by atoms with Gasteiger partial charge in [0.15, 0.2) is 0 Å². The molecule has 0 unspecified atom stereocenters. The SMILES string of the molecule is [B]c1ccc(Cc2ccc3ccccc3c2)c(SC)c1. The lowest BCUT2D eigenvalue weighted by molar-refractivity contribution is 1.14. The van der Waals surface area contributed by atoms with Crippen LogP contribution in [0.15, 0.2) is 65.6 Å². The predicted octanol–water partition coefficient (Wildman–Crippen LogP) is 3.95. The molecule has 0 atom stereocenters. The van der Waals surface area contributed by atoms with Gasteiger partial charge >= 0.3 is 0 Å². The first-order valence-electron chi connectivity index (χ1n) is 6.66. The second kappa shape index (κ2) is 5.76. The van der Waals surface area contributed by atoms with Crippen molar-refractivity contribution in [1.29, 1.82) is 0 Å². The molecule has 0 N–H and O–H groups in total. The van der Waals surface area contributed by atoms with Gasteiger partial charge in [-0.05, 0) is 34.6 Å². The molecule has 2 radical (unpaired) electrons. The van der Waals surface area contributed by atoms with Crippen molar-refractivity contribution in [2.24, 2.45) is 0 Å². The van der Waals surface area contributed by atoms with Gasteiger partial charge in [0.2, 0.25) is 0 Å². The summed E-state index contributed by atoms with van der Waals surface area (Å²) in [5, 5.41) is 2.59. The first kappa shape index (κ1) is 13.3. The number of hydrogen-bond donors (Lipinski definition) is 0. The Kier molecular flexibility index (Phi) is 3.84. The molecule has 0 aliphatic carbocycles. The summed E-state index contributed by atoms with van der Waals surface area (Å²) < 4.78 is 0. The highest BCUT2D eigenvalue weighted by Crippen LogP contribution is 2.23. The van der Waals surface area contributed by atoms with E-state index in [1.807, 2.05) is 6.07 Å². The van der Waals surface area contributed by atoms with Crippen LogP contribution in [0.5, 0.6) is 0 Å². The predicted molar refractivity (Wildman–Crippen MR) is 90.4 cm³/mol. The summed E-state index contributed by atoms with van der Waals surface area (Å²) in [6.07, 6.45) is 3.04. The fourth-order valence-corrected chi connectivity index (χ4v) is 3.13. The number of fused-ring (bicyclic) bond motifs is 1. The van der Waals surface area contributed by atoms with Gasteiger partial charge in [-0.15, -0.1) is 11.8 Å². The Morgan fingerprint density at radius 2 is 1.70 bits per heavy atom. The van der Waals surface area contributed by atoms with Gasteiger partial charge in [-0.1, -0.05) is 66.1 Å². The van der Waals surface area contributed by atoms with Gasteiger partial charge in [0.05, 0.1) is 0 Å². The van der Waals surface area contributed by atoms with E-state index in [4.69, 9.17) is 7.85 Å². The number of benzene rings is 3. The Labute approximate surface area is 125 Å². The Morgan fingerprint density at radius 3 is 2.50 bits per heavy atom. The molecule has 0 bridgehead atoms. The molecule has 0 aliphatic rings. The van der Waals surface area contributed by atoms with Crippen molar-refractivity contribution >= 4 is 35.8 Å². The molecule has 0 fully saturated rings. The summed E-state index contributed by atoms with van der Waals surface area (Å²) in [6.45, 7) is 0. The highest BCUT2D eigenvalue weighted by atomic mass is 32.2. The normalized spacial score (nSPS) is 10.8. The van der Waals surface area contributed by atoms with Crippen LogP contribution in [0.2, 0.25) is 0 Å². The molecule has 0 aromatic heterocycles. The van der Waals surface area contributed by atoms with E-state index in [0.717, 1.165) is 11.9 Å². The Bertz CT molecular complexity index is 749. The minimum atomic E-state index is 0.830. The maximum absolute atomic E-state index is 5.86. The van der Waals surface area contributed by atoms with Crippen LogP contribution < -0.4 is 5.46 Å². The van der Waals surface area contributed by atoms with E-state index in [9.17, 15) is 0 Å². The molecule has 2 heteroatoms. The van der Waals surface area contributed by atoms with E-state index < -0.39 is 0 Å². The van der Waals surface area contributed by atoms with Crippen LogP contribution in [-0.4, -0.2) is 14.1 Å². The molecule has 0 heterocycles. The monoisotopic (exact) mass is 274 g/mol. The van der Waals surface area contributed by atoms with E-state index in [-0.39, 0.29) is 0 Å². The standard InChI is InChI=1S/C18H15BS/c1-20-18-12-17(19)9-8-16(18)11-13-6-7-14-4-2-3-5-15(14)10-13/h2-10,12H,11H2,1H3. The van der Waals surface area contributed by atoms with Gasteiger partial charge in [-0.2, -0.15) is 0 Å². The zero-order valence-electron chi connectivity index (χ0n) is 11.5. The molecule has 20 heavy (non-hydrogen) atoms. The summed E-state index contributed by atoms with van der Waals surface area (Å²) in [4.78, 5) is 1.26. The molecule has 0 saturated heterocycles. The molecule has 0 spiro atoms. The van der Waals surface area contributed by atoms with Crippen LogP contribution in [0.1, 0.15) is 11.1 Å². The summed E-state index contributed by atoms with van der Waals surface area (Å²) in [7, 11) is 5.86. The van der Waals surface area contributed by atoms with Gasteiger partial charge in [0, 0.05) is 4.90 Å². The third kappa shape index (κ3) is 2.76. The van der Waals surface area contributed by atoms with E-state index in [2.05, 4.69) is 60.9 Å². The number of hydrogen-bond acceptors (Lipinski definition) is 1. The fourth-order valence-electron chi connectivity index (χ4n) is 2.48. The average molecular weight is 274 g/mol. The van der Waals surface area contributed by atoms with Gasteiger partial charge in [-0.25, -0.2) is 0 Å². The molecule has 96 valence electrons. The van der Waals surface area contributed by atoms with Crippen molar-refractivity contribution < 1.29 is 0 Å². The zero-order chi connectivity index (χ0) is 13.9. The van der Waals surface area contributed by atoms with Crippen LogP contribution in [0.3, 0.4) is 0 Å². The molecule has 0 saturated carbocycles. The summed E-state index contributed by atoms with van der Waals surface area (Å²) in [5.41, 5.74) is 3.50. The van der Waals surface area contributed by atoms with Crippen LogP contribution in [-0.2, 0) is 6.42 Å². The lowest BCUT2D eigenvalue weighted by atomic mass is 9.93. The molecule has 3 aromatic carbocycles. The van der Waals surface area contributed by atoms with Gasteiger partial charge in [-0.3, -0.25) is 0 Å². The topological polar surface area (TPSA) is 0 Å². The van der Waals surface area contributed by atoms with Gasteiger partial charge < -0.3 is 0 Å². The fraction of sp³-hybridized carbons (Fsp3) is 0.111. The minimum Gasteiger partial charge on any atom is -0.129 e. The lowest BCUT2D eigenvalue weighted by Crippen LogP contribution is -2.03. The Hall–Kier alpha value is -1.67.